The molecule has 2 aromatic carbocycles. The smallest absolute Gasteiger partial charge is 0.329 e. The van der Waals surface area contributed by atoms with E-state index in [9.17, 15) is 14.4 Å². The van der Waals surface area contributed by atoms with Crippen LogP contribution in [0.4, 0.5) is 0 Å². The highest BCUT2D eigenvalue weighted by Crippen LogP contribution is 2.26. The van der Waals surface area contributed by atoms with Crippen LogP contribution in [0.1, 0.15) is 33.2 Å². The molecular weight excluding hydrogens is 365 g/mol. The van der Waals surface area contributed by atoms with E-state index in [1.54, 1.807) is 42.5 Å². The van der Waals surface area contributed by atoms with Gasteiger partial charge in [-0.2, -0.15) is 0 Å². The Bertz CT molecular complexity index is 846. The van der Waals surface area contributed by atoms with Gasteiger partial charge in [-0.15, -0.1) is 0 Å². The molecule has 0 aromatic heterocycles. The Hall–Kier alpha value is -2.37. The van der Waals surface area contributed by atoms with E-state index in [1.165, 1.54) is 6.92 Å². The van der Waals surface area contributed by atoms with Gasteiger partial charge in [0.05, 0.1) is 21.2 Å². The van der Waals surface area contributed by atoms with Gasteiger partial charge in [0.1, 0.15) is 12.6 Å². The summed E-state index contributed by atoms with van der Waals surface area (Å²) in [6, 6.07) is 10.3. The Morgan fingerprint density at radius 1 is 1.04 bits per heavy atom. The maximum Gasteiger partial charge on any atom is 0.329 e. The molecular formula is C18H13Cl2NO4. The fourth-order valence-corrected chi connectivity index (χ4v) is 2.89. The number of fused-ring (bicyclic) bond motifs is 1. The molecule has 1 unspecified atom stereocenters. The van der Waals surface area contributed by atoms with Crippen LogP contribution in [0.5, 0.6) is 0 Å². The van der Waals surface area contributed by atoms with E-state index in [2.05, 4.69) is 0 Å². The Labute approximate surface area is 154 Å². The van der Waals surface area contributed by atoms with E-state index in [0.29, 0.717) is 15.6 Å². The van der Waals surface area contributed by atoms with Crippen molar-refractivity contribution < 1.29 is 19.1 Å². The van der Waals surface area contributed by atoms with Gasteiger partial charge in [0.2, 0.25) is 0 Å². The number of carbonyl (C=O) groups excluding carboxylic acids is 3. The van der Waals surface area contributed by atoms with Crippen LogP contribution in [0, 0.1) is 0 Å². The van der Waals surface area contributed by atoms with Crippen molar-refractivity contribution >= 4 is 41.0 Å². The van der Waals surface area contributed by atoms with E-state index in [4.69, 9.17) is 27.9 Å². The molecule has 0 saturated carbocycles. The number of carbonyl (C=O) groups is 3. The number of halogens is 2. The number of ether oxygens (including phenoxy) is 1. The summed E-state index contributed by atoms with van der Waals surface area (Å²) < 4.78 is 5.21. The van der Waals surface area contributed by atoms with Crippen molar-refractivity contribution in [1.29, 1.82) is 0 Å². The van der Waals surface area contributed by atoms with Gasteiger partial charge in [-0.1, -0.05) is 41.4 Å². The van der Waals surface area contributed by atoms with Crippen molar-refractivity contribution in [3.8, 4) is 0 Å². The first-order valence-electron chi connectivity index (χ1n) is 7.47. The summed E-state index contributed by atoms with van der Waals surface area (Å²) in [6.07, 6.45) is 0. The SMILES string of the molecule is CC(C(=O)OCc1ccc(Cl)c(Cl)c1)N1C(=O)c2ccccc2C1=O. The standard InChI is InChI=1S/C18H13Cl2NO4/c1-10(18(24)25-9-11-6-7-14(19)15(20)8-11)21-16(22)12-4-2-3-5-13(12)17(21)23/h2-8,10H,9H2,1H3. The third-order valence-electron chi connectivity index (χ3n) is 3.92. The molecule has 0 N–H and O–H groups in total. The average Bonchev–Trinajstić information content (AvgIpc) is 2.86. The first kappa shape index (κ1) is 17.5. The molecule has 0 radical (unpaired) electrons. The van der Waals surface area contributed by atoms with Crippen LogP contribution in [0.15, 0.2) is 42.5 Å². The second-order valence-electron chi connectivity index (χ2n) is 5.56. The number of esters is 1. The van der Waals surface area contributed by atoms with Crippen LogP contribution in [0.3, 0.4) is 0 Å². The first-order chi connectivity index (χ1) is 11.9. The normalized spacial score (nSPS) is 14.4. The molecule has 2 aromatic rings. The minimum Gasteiger partial charge on any atom is -0.459 e. The van der Waals surface area contributed by atoms with Crippen molar-refractivity contribution in [2.24, 2.45) is 0 Å². The molecule has 1 atom stereocenters. The van der Waals surface area contributed by atoms with Gasteiger partial charge in [-0.05, 0) is 36.8 Å². The summed E-state index contributed by atoms with van der Waals surface area (Å²) in [7, 11) is 0. The first-order valence-corrected chi connectivity index (χ1v) is 8.23. The molecule has 25 heavy (non-hydrogen) atoms. The maximum absolute atomic E-state index is 12.4. The van der Waals surface area contributed by atoms with Crippen LogP contribution in [0.25, 0.3) is 0 Å². The van der Waals surface area contributed by atoms with Crippen LogP contribution >= 0.6 is 23.2 Å². The molecule has 0 bridgehead atoms. The lowest BCUT2D eigenvalue weighted by Crippen LogP contribution is -2.43. The number of hydrogen-bond acceptors (Lipinski definition) is 4. The zero-order valence-corrected chi connectivity index (χ0v) is 14.7. The van der Waals surface area contributed by atoms with E-state index in [1.807, 2.05) is 0 Å². The molecule has 5 nitrogen and oxygen atoms in total. The number of amides is 2. The van der Waals surface area contributed by atoms with Crippen LogP contribution < -0.4 is 0 Å². The highest BCUT2D eigenvalue weighted by Gasteiger charge is 2.41. The summed E-state index contributed by atoms with van der Waals surface area (Å²) in [5.41, 5.74) is 1.23. The third kappa shape index (κ3) is 3.25. The number of hydrogen-bond donors (Lipinski definition) is 0. The van der Waals surface area contributed by atoms with E-state index in [0.717, 1.165) is 4.90 Å². The minimum atomic E-state index is -1.03. The minimum absolute atomic E-state index is 0.0385. The highest BCUT2D eigenvalue weighted by atomic mass is 35.5. The van der Waals surface area contributed by atoms with Crippen molar-refractivity contribution in [3.63, 3.8) is 0 Å². The van der Waals surface area contributed by atoms with Gasteiger partial charge >= 0.3 is 5.97 Å². The summed E-state index contributed by atoms with van der Waals surface area (Å²) in [5.74, 6) is -1.68. The van der Waals surface area contributed by atoms with E-state index < -0.39 is 23.8 Å². The zero-order chi connectivity index (χ0) is 18.1. The van der Waals surface area contributed by atoms with Gasteiger partial charge in [-0.25, -0.2) is 4.79 Å². The molecule has 3 rings (SSSR count). The van der Waals surface area contributed by atoms with Gasteiger partial charge < -0.3 is 4.74 Å². The molecule has 0 saturated heterocycles. The lowest BCUT2D eigenvalue weighted by Gasteiger charge is -2.21. The van der Waals surface area contributed by atoms with E-state index in [-0.39, 0.29) is 17.7 Å². The fraction of sp³-hybridized carbons (Fsp3) is 0.167. The number of nitrogens with zero attached hydrogens (tertiary/aromatic N) is 1. The van der Waals surface area contributed by atoms with Crippen molar-refractivity contribution in [1.82, 2.24) is 4.90 Å². The topological polar surface area (TPSA) is 63.7 Å². The largest absolute Gasteiger partial charge is 0.459 e. The molecule has 0 aliphatic carbocycles. The Kier molecular flexibility index (Phi) is 4.79. The number of benzene rings is 2. The Balaban J connectivity index is 1.70. The molecule has 1 heterocycles. The maximum atomic E-state index is 12.4. The van der Waals surface area contributed by atoms with Gasteiger partial charge in [-0.3, -0.25) is 14.5 Å². The predicted octanol–water partition coefficient (Wildman–Crippen LogP) is 3.72. The van der Waals surface area contributed by atoms with Crippen LogP contribution in [-0.2, 0) is 16.1 Å². The summed E-state index contributed by atoms with van der Waals surface area (Å²) in [4.78, 5) is 37.9. The van der Waals surface area contributed by atoms with Crippen molar-refractivity contribution in [2.45, 2.75) is 19.6 Å². The summed E-state index contributed by atoms with van der Waals surface area (Å²) >= 11 is 11.7. The van der Waals surface area contributed by atoms with Crippen LogP contribution in [-0.4, -0.2) is 28.7 Å². The quantitative estimate of drug-likeness (QED) is 0.601. The predicted molar refractivity (Wildman–Crippen MR) is 92.7 cm³/mol. The molecule has 2 amide bonds. The lowest BCUT2D eigenvalue weighted by atomic mass is 10.1. The van der Waals surface area contributed by atoms with Gasteiger partial charge in [0.25, 0.3) is 11.8 Å². The molecule has 7 heteroatoms. The number of imide groups is 1. The Morgan fingerprint density at radius 3 is 2.20 bits per heavy atom. The lowest BCUT2D eigenvalue weighted by molar-refractivity contribution is -0.149. The zero-order valence-electron chi connectivity index (χ0n) is 13.2. The Morgan fingerprint density at radius 2 is 1.64 bits per heavy atom. The van der Waals surface area contributed by atoms with Gasteiger partial charge in [0.15, 0.2) is 0 Å². The van der Waals surface area contributed by atoms with Crippen LogP contribution in [0.2, 0.25) is 10.0 Å². The highest BCUT2D eigenvalue weighted by molar-refractivity contribution is 6.42. The molecule has 0 fully saturated rings. The average molecular weight is 378 g/mol. The summed E-state index contributed by atoms with van der Waals surface area (Å²) in [6.45, 7) is 1.42. The van der Waals surface area contributed by atoms with Gasteiger partial charge in [0, 0.05) is 0 Å². The summed E-state index contributed by atoms with van der Waals surface area (Å²) in [5, 5.41) is 0.750. The fourth-order valence-electron chi connectivity index (χ4n) is 2.57. The molecule has 128 valence electrons. The van der Waals surface area contributed by atoms with Crippen molar-refractivity contribution in [3.05, 3.63) is 69.2 Å². The molecule has 0 spiro atoms. The second-order valence-corrected chi connectivity index (χ2v) is 6.37. The van der Waals surface area contributed by atoms with Crippen molar-refractivity contribution in [2.75, 3.05) is 0 Å². The number of rotatable bonds is 4. The monoisotopic (exact) mass is 377 g/mol. The molecule has 1 aliphatic heterocycles. The van der Waals surface area contributed by atoms with E-state index >= 15 is 0 Å². The molecule has 1 aliphatic rings. The third-order valence-corrected chi connectivity index (χ3v) is 4.66. The second kappa shape index (κ2) is 6.86.